The van der Waals surface area contributed by atoms with Gasteiger partial charge in [0.05, 0.1) is 131 Å². The number of carbonyl (C=O) groups is 9. The number of β-amino-alcohol motifs (C(OH)–C–C–N with tert-alkyl or cyclic N) is 2. The van der Waals surface area contributed by atoms with Crippen LogP contribution in [0.25, 0.3) is 0 Å². The highest BCUT2D eigenvalue weighted by atomic mass is 19.1. The number of nitrogens with zero attached hydrogens (tertiary/aromatic N) is 18. The van der Waals surface area contributed by atoms with Crippen LogP contribution in [-0.4, -0.2) is 452 Å². The molecule has 5 N–H and O–H groups in total. The number of benzene rings is 2. The standard InChI is InChI=1S/C17H23FN2O3.2C10H20N2O2.2C9H18N2O2.C8H7FO2.C6H12N2.2C5H12N2O.2C5H10N2O/c1-17(2,3)16(22)23-14-10-19(4)20(11-14)15(21)9-12-5-7-13(18)8-6-12;2*1-10(2,3)9(13)14-8-6-11(4)12(5)7-8;2*1-9(2,3)8(12)13-7-5-10-11(4)6-7;9-7-3-1-6(2-4-7)5-8(10)11;1-6-4-7(2)8(3)5-6;4*1-6-3-5(8)4-7(6)2/h5-8,14H,9-11H2,1-4H3;2*8H,6-7H2,1-5H3;2*7,10H,5-6H2,1-4H3;1-4H,5H2,(H,10,11);1,4-5H2,2-3H3;2*5,8H,3-4H2,1-2H3;2*3-4H2,1-2H3. The molecule has 1 amide bonds. The van der Waals surface area contributed by atoms with Crippen LogP contribution in [0.3, 0.4) is 0 Å². The molecule has 10 aliphatic rings. The first-order valence-corrected chi connectivity index (χ1v) is 43.4. The number of Topliss-reactive ketones (excluding diaryl/α,β-unsaturated/α-hetero) is 2. The lowest BCUT2D eigenvalue weighted by Crippen LogP contribution is -2.39. The van der Waals surface area contributed by atoms with E-state index in [-0.39, 0.29) is 103 Å². The zero-order chi connectivity index (χ0) is 98.2. The van der Waals surface area contributed by atoms with Crippen LogP contribution in [0, 0.1) is 38.7 Å². The first-order chi connectivity index (χ1) is 58.7. The zero-order valence-corrected chi connectivity index (χ0v) is 83.3. The fourth-order valence-electron chi connectivity index (χ4n) is 12.4. The Kier molecular flexibility index (Phi) is 49.4. The maximum absolute atomic E-state index is 12.9. The maximum atomic E-state index is 12.9. The Balaban J connectivity index is 0.000000485. The number of hydrogen-bond acceptors (Lipinski definition) is 35. The number of aliphatic carboxylic acids is 1. The van der Waals surface area contributed by atoms with Crippen LogP contribution in [0.2, 0.25) is 0 Å². The molecular formula is C89H162F2N20O17. The van der Waals surface area contributed by atoms with Crippen LogP contribution in [0.1, 0.15) is 115 Å². The number of esters is 5. The van der Waals surface area contributed by atoms with Gasteiger partial charge in [0.2, 0.25) is 5.91 Å². The second-order valence-corrected chi connectivity index (χ2v) is 39.4. The number of aliphatic hydroxyl groups excluding tert-OH is 2. The van der Waals surface area contributed by atoms with Crippen molar-refractivity contribution in [1.29, 1.82) is 0 Å². The van der Waals surface area contributed by atoms with Crippen molar-refractivity contribution in [2.24, 2.45) is 27.1 Å². The van der Waals surface area contributed by atoms with Crippen molar-refractivity contribution < 1.29 is 90.9 Å². The first-order valence-electron chi connectivity index (χ1n) is 43.4. The minimum Gasteiger partial charge on any atom is -0.481 e. The molecule has 734 valence electrons. The van der Waals surface area contributed by atoms with Gasteiger partial charge in [-0.3, -0.25) is 59.0 Å². The fourth-order valence-corrected chi connectivity index (χ4v) is 12.4. The van der Waals surface area contributed by atoms with Gasteiger partial charge < -0.3 is 39.0 Å². The Labute approximate surface area is 762 Å². The Bertz CT molecular complexity index is 3500. The Hall–Kier alpha value is -7.17. The Morgan fingerprint density at radius 3 is 0.758 bits per heavy atom. The largest absolute Gasteiger partial charge is 0.481 e. The normalized spacial score (nSPS) is 22.1. The topological polar surface area (TPSA) is 343 Å². The van der Waals surface area contributed by atoms with Gasteiger partial charge >= 0.3 is 35.8 Å². The molecule has 2 aromatic rings. The molecular weight excluding hydrogens is 1660 g/mol. The van der Waals surface area contributed by atoms with E-state index in [4.69, 9.17) is 39.0 Å². The van der Waals surface area contributed by atoms with Crippen LogP contribution in [0.5, 0.6) is 0 Å². The summed E-state index contributed by atoms with van der Waals surface area (Å²) in [5.74, 6) is -1.85. The van der Waals surface area contributed by atoms with Gasteiger partial charge in [-0.05, 0) is 145 Å². The second-order valence-electron chi connectivity index (χ2n) is 39.4. The monoisotopic (exact) mass is 1820 g/mol. The molecule has 10 aliphatic heterocycles. The molecule has 0 aliphatic carbocycles. The SMILES string of the molecule is C=C1CN(C)N(C)C1.CN1CC(=O)CN1C.CN1CC(=O)CN1C.CN1CC(O)CN1C.CN1CC(O)CN1C.CN1CC(OC(=O)C(C)(C)C)CN1.CN1CC(OC(=O)C(C)(C)C)CN1.CN1CC(OC(=O)C(C)(C)C)CN1C.CN1CC(OC(=O)C(C)(C)C)CN1C.CN1CC(OC(=O)C(C)(C)C)CN1C(=O)Cc1ccc(F)cc1.O=C(O)Cc1ccc(F)cc1. The van der Waals surface area contributed by atoms with E-state index in [1.807, 2.05) is 232 Å². The highest BCUT2D eigenvalue weighted by Crippen LogP contribution is 2.25. The number of rotatable bonds is 9. The van der Waals surface area contributed by atoms with Crippen LogP contribution in [-0.2, 0) is 79.7 Å². The summed E-state index contributed by atoms with van der Waals surface area (Å²) in [6.45, 7) is 46.1. The lowest BCUT2D eigenvalue weighted by molar-refractivity contribution is -0.158. The summed E-state index contributed by atoms with van der Waals surface area (Å²) in [5, 5.41) is 61.7. The van der Waals surface area contributed by atoms with Gasteiger partial charge in [-0.15, -0.1) is 0 Å². The van der Waals surface area contributed by atoms with E-state index in [9.17, 15) is 51.9 Å². The van der Waals surface area contributed by atoms with Gasteiger partial charge in [-0.1, -0.05) is 30.8 Å². The van der Waals surface area contributed by atoms with Gasteiger partial charge in [0.15, 0.2) is 11.6 Å². The number of ether oxygens (including phenoxy) is 5. The molecule has 0 aromatic heterocycles. The highest BCUT2D eigenvalue weighted by molar-refractivity contribution is 5.84. The molecule has 10 heterocycles. The summed E-state index contributed by atoms with van der Waals surface area (Å²) >= 11 is 0. The number of carbonyl (C=O) groups excluding carboxylic acids is 8. The van der Waals surface area contributed by atoms with Crippen molar-refractivity contribution in [2.75, 3.05) is 251 Å². The zero-order valence-electron chi connectivity index (χ0n) is 83.3. The van der Waals surface area contributed by atoms with Gasteiger partial charge in [0.1, 0.15) is 42.2 Å². The molecule has 128 heavy (non-hydrogen) atoms. The lowest BCUT2D eigenvalue weighted by atomic mass is 9.97. The number of likely N-dealkylation sites (N-methyl/N-ethyl adjacent to an activating group) is 17. The molecule has 2 aromatic carbocycles. The van der Waals surface area contributed by atoms with E-state index in [1.54, 1.807) is 50.0 Å². The molecule has 3 unspecified atom stereocenters. The van der Waals surface area contributed by atoms with Gasteiger partial charge in [0, 0.05) is 172 Å². The lowest BCUT2D eigenvalue weighted by Gasteiger charge is -2.23. The molecule has 10 saturated heterocycles. The molecule has 39 heteroatoms. The van der Waals surface area contributed by atoms with Crippen molar-refractivity contribution in [3.05, 3.63) is 83.4 Å². The number of nitrogens with one attached hydrogen (secondary N) is 2. The second kappa shape index (κ2) is 54.1. The van der Waals surface area contributed by atoms with Crippen LogP contribution < -0.4 is 10.9 Å². The summed E-state index contributed by atoms with van der Waals surface area (Å²) in [5.41, 5.74) is 6.65. The smallest absolute Gasteiger partial charge is 0.311 e. The Morgan fingerprint density at radius 2 is 0.562 bits per heavy atom. The summed E-state index contributed by atoms with van der Waals surface area (Å²) in [4.78, 5) is 102. The summed E-state index contributed by atoms with van der Waals surface area (Å²) in [7, 11) is 33.3. The number of aliphatic hydroxyl groups is 2. The molecule has 0 saturated carbocycles. The van der Waals surface area contributed by atoms with Crippen molar-refractivity contribution >= 4 is 53.3 Å². The van der Waals surface area contributed by atoms with Crippen molar-refractivity contribution in [1.82, 2.24) is 101 Å². The summed E-state index contributed by atoms with van der Waals surface area (Å²) < 4.78 is 52.0. The van der Waals surface area contributed by atoms with Crippen LogP contribution in [0.4, 0.5) is 8.78 Å². The van der Waals surface area contributed by atoms with Crippen LogP contribution >= 0.6 is 0 Å². The number of amides is 1. The first kappa shape index (κ1) is 117. The fraction of sp³-hybridized carbons (Fsp3) is 0.742. The van der Waals surface area contributed by atoms with Gasteiger partial charge in [-0.25, -0.2) is 93.9 Å². The van der Waals surface area contributed by atoms with E-state index in [2.05, 4.69) is 61.6 Å². The minimum absolute atomic E-state index is 0.00303. The minimum atomic E-state index is -0.906. The predicted octanol–water partition coefficient (Wildman–Crippen LogP) is 3.04. The molecule has 0 bridgehead atoms. The van der Waals surface area contributed by atoms with Crippen molar-refractivity contribution in [3.63, 3.8) is 0 Å². The number of hydrazine groups is 10. The molecule has 37 nitrogen and oxygen atoms in total. The third-order valence-corrected chi connectivity index (χ3v) is 21.0. The summed E-state index contributed by atoms with van der Waals surface area (Å²) in [6.07, 6.45) is -0.481. The average molecular weight is 1820 g/mol. The van der Waals surface area contributed by atoms with E-state index in [1.165, 1.54) is 42.0 Å². The number of hydrogen-bond donors (Lipinski definition) is 5. The van der Waals surface area contributed by atoms with Gasteiger partial charge in [-0.2, -0.15) is 0 Å². The third kappa shape index (κ3) is 46.3. The van der Waals surface area contributed by atoms with Gasteiger partial charge in [0.25, 0.3) is 0 Å². The number of ketones is 2. The number of halogens is 2. The van der Waals surface area contributed by atoms with E-state index < -0.39 is 33.0 Å². The predicted molar refractivity (Wildman–Crippen MR) is 488 cm³/mol. The van der Waals surface area contributed by atoms with Crippen LogP contribution in [0.15, 0.2) is 60.7 Å². The summed E-state index contributed by atoms with van der Waals surface area (Å²) in [6, 6.07) is 11.3. The van der Waals surface area contributed by atoms with Crippen molar-refractivity contribution in [3.8, 4) is 0 Å². The molecule has 10 fully saturated rings. The molecule has 3 atom stereocenters. The Morgan fingerprint density at radius 1 is 0.336 bits per heavy atom. The number of carboxylic acids is 1. The average Bonchev–Trinajstić information content (AvgIpc) is 1.69. The molecule has 0 spiro atoms. The third-order valence-electron chi connectivity index (χ3n) is 21.0. The van der Waals surface area contributed by atoms with E-state index in [0.717, 1.165) is 97.2 Å². The highest BCUT2D eigenvalue weighted by Gasteiger charge is 2.38. The van der Waals surface area contributed by atoms with E-state index in [0.29, 0.717) is 56.4 Å². The quantitative estimate of drug-likeness (QED) is 0.137. The molecule has 0 radical (unpaired) electrons. The molecule has 12 rings (SSSR count). The van der Waals surface area contributed by atoms with E-state index >= 15 is 0 Å². The maximum Gasteiger partial charge on any atom is 0.311 e. The van der Waals surface area contributed by atoms with Crippen molar-refractivity contribution in [2.45, 2.75) is 159 Å². The number of carboxylic acid groups (broad SMARTS) is 1.